The molecule has 108 valence electrons. The zero-order valence-electron chi connectivity index (χ0n) is 11.6. The van der Waals surface area contributed by atoms with Gasteiger partial charge in [-0.25, -0.2) is 4.98 Å². The Kier molecular flexibility index (Phi) is 3.79. The van der Waals surface area contributed by atoms with Gasteiger partial charge in [0.2, 0.25) is 5.91 Å². The number of carbonyl (C=O) groups is 1. The van der Waals surface area contributed by atoms with Crippen molar-refractivity contribution in [1.82, 2.24) is 9.55 Å². The van der Waals surface area contributed by atoms with Crippen molar-refractivity contribution >= 4 is 23.4 Å². The third-order valence-corrected chi connectivity index (χ3v) is 4.39. The standard InChI is InChI=1S/C15H15N3O2S/c1-10-7-14(20)18-12(9-21-15(18)16-10)8-13(19)17-11-5-3-2-4-6-11/h2-7,12H,8-9H2,1H3,(H,17,19). The zero-order valence-corrected chi connectivity index (χ0v) is 12.4. The van der Waals surface area contributed by atoms with Crippen molar-refractivity contribution in [2.75, 3.05) is 11.1 Å². The Morgan fingerprint density at radius 1 is 1.43 bits per heavy atom. The lowest BCUT2D eigenvalue weighted by molar-refractivity contribution is -0.116. The first kappa shape index (κ1) is 13.9. The van der Waals surface area contributed by atoms with Gasteiger partial charge < -0.3 is 5.32 Å². The number of benzene rings is 1. The summed E-state index contributed by atoms with van der Waals surface area (Å²) in [6.07, 6.45) is 0.277. The summed E-state index contributed by atoms with van der Waals surface area (Å²) in [7, 11) is 0. The lowest BCUT2D eigenvalue weighted by Crippen LogP contribution is -2.27. The average Bonchev–Trinajstić information content (AvgIpc) is 2.82. The maximum absolute atomic E-state index is 12.1. The molecule has 2 aromatic rings. The van der Waals surface area contributed by atoms with Crippen LogP contribution in [0.1, 0.15) is 18.2 Å². The molecule has 0 bridgehead atoms. The van der Waals surface area contributed by atoms with E-state index in [4.69, 9.17) is 0 Å². The van der Waals surface area contributed by atoms with Gasteiger partial charge in [0.25, 0.3) is 5.56 Å². The molecule has 6 heteroatoms. The highest BCUT2D eigenvalue weighted by atomic mass is 32.2. The van der Waals surface area contributed by atoms with Gasteiger partial charge in [0.05, 0.1) is 6.04 Å². The van der Waals surface area contributed by atoms with Gasteiger partial charge in [-0.3, -0.25) is 14.2 Å². The second-order valence-corrected chi connectivity index (χ2v) is 5.96. The normalized spacial score (nSPS) is 16.5. The Hall–Kier alpha value is -2.08. The molecule has 5 nitrogen and oxygen atoms in total. The molecule has 1 amide bonds. The molecule has 1 aromatic carbocycles. The van der Waals surface area contributed by atoms with Crippen molar-refractivity contribution in [2.24, 2.45) is 0 Å². The van der Waals surface area contributed by atoms with Gasteiger partial charge in [-0.05, 0) is 19.1 Å². The molecule has 21 heavy (non-hydrogen) atoms. The van der Waals surface area contributed by atoms with Crippen LogP contribution in [0.3, 0.4) is 0 Å². The smallest absolute Gasteiger partial charge is 0.254 e. The molecule has 0 saturated carbocycles. The Labute approximate surface area is 126 Å². The largest absolute Gasteiger partial charge is 0.326 e. The summed E-state index contributed by atoms with van der Waals surface area (Å²) in [6.45, 7) is 1.80. The second-order valence-electron chi connectivity index (χ2n) is 4.97. The fraction of sp³-hybridized carbons (Fsp3) is 0.267. The van der Waals surface area contributed by atoms with Gasteiger partial charge in [0.15, 0.2) is 5.16 Å². The van der Waals surface area contributed by atoms with E-state index in [2.05, 4.69) is 10.3 Å². The monoisotopic (exact) mass is 301 g/mol. The molecule has 0 spiro atoms. The van der Waals surface area contributed by atoms with Gasteiger partial charge in [-0.1, -0.05) is 30.0 Å². The summed E-state index contributed by atoms with van der Waals surface area (Å²) in [4.78, 5) is 28.5. The minimum absolute atomic E-state index is 0.0833. The lowest BCUT2D eigenvalue weighted by atomic mass is 10.2. The number of rotatable bonds is 3. The first-order valence-electron chi connectivity index (χ1n) is 6.71. The molecule has 0 fully saturated rings. The van der Waals surface area contributed by atoms with E-state index in [0.29, 0.717) is 16.6 Å². The summed E-state index contributed by atoms with van der Waals surface area (Å²) in [5, 5.41) is 3.55. The van der Waals surface area contributed by atoms with Gasteiger partial charge in [-0.2, -0.15) is 0 Å². The zero-order chi connectivity index (χ0) is 14.8. The fourth-order valence-electron chi connectivity index (χ4n) is 2.36. The topological polar surface area (TPSA) is 64.0 Å². The predicted molar refractivity (Wildman–Crippen MR) is 82.7 cm³/mol. The molecule has 1 unspecified atom stereocenters. The summed E-state index contributed by atoms with van der Waals surface area (Å²) in [5.41, 5.74) is 1.40. The summed E-state index contributed by atoms with van der Waals surface area (Å²) >= 11 is 1.52. The molecule has 0 aliphatic carbocycles. The molecule has 1 aliphatic heterocycles. The number of hydrogen-bond acceptors (Lipinski definition) is 4. The first-order chi connectivity index (χ1) is 10.1. The van der Waals surface area contributed by atoms with Crippen molar-refractivity contribution < 1.29 is 4.79 Å². The number of amides is 1. The van der Waals surface area contributed by atoms with Crippen molar-refractivity contribution in [1.29, 1.82) is 0 Å². The summed E-state index contributed by atoms with van der Waals surface area (Å²) in [6, 6.07) is 10.7. The van der Waals surface area contributed by atoms with Crippen molar-refractivity contribution in [3.8, 4) is 0 Å². The third-order valence-electron chi connectivity index (χ3n) is 3.30. The SMILES string of the molecule is Cc1cc(=O)n2c(n1)SCC2CC(=O)Nc1ccccc1. The molecular formula is C15H15N3O2S. The van der Waals surface area contributed by atoms with E-state index in [-0.39, 0.29) is 23.9 Å². The van der Waals surface area contributed by atoms with Gasteiger partial charge in [0, 0.05) is 29.6 Å². The van der Waals surface area contributed by atoms with E-state index in [9.17, 15) is 9.59 Å². The number of aromatic nitrogens is 2. The average molecular weight is 301 g/mol. The maximum atomic E-state index is 12.1. The summed E-state index contributed by atoms with van der Waals surface area (Å²) < 4.78 is 1.63. The highest BCUT2D eigenvalue weighted by molar-refractivity contribution is 7.99. The van der Waals surface area contributed by atoms with E-state index in [1.165, 1.54) is 17.8 Å². The van der Waals surface area contributed by atoms with Crippen molar-refractivity contribution in [3.05, 3.63) is 52.4 Å². The number of anilines is 1. The van der Waals surface area contributed by atoms with Crippen LogP contribution in [-0.2, 0) is 4.79 Å². The molecule has 1 atom stereocenters. The fourth-order valence-corrected chi connectivity index (χ4v) is 3.56. The molecular weight excluding hydrogens is 286 g/mol. The van der Waals surface area contributed by atoms with Crippen molar-refractivity contribution in [3.63, 3.8) is 0 Å². The van der Waals surface area contributed by atoms with Gasteiger partial charge in [0.1, 0.15) is 0 Å². The molecule has 1 aliphatic rings. The Morgan fingerprint density at radius 2 is 2.19 bits per heavy atom. The minimum Gasteiger partial charge on any atom is -0.326 e. The maximum Gasteiger partial charge on any atom is 0.254 e. The first-order valence-corrected chi connectivity index (χ1v) is 7.70. The second kappa shape index (κ2) is 5.73. The number of nitrogens with one attached hydrogen (secondary N) is 1. The van der Waals surface area contributed by atoms with Crippen LogP contribution in [-0.4, -0.2) is 21.2 Å². The number of fused-ring (bicyclic) bond motifs is 1. The molecule has 1 aromatic heterocycles. The van der Waals surface area contributed by atoms with E-state index < -0.39 is 0 Å². The summed E-state index contributed by atoms with van der Waals surface area (Å²) in [5.74, 6) is 0.612. The molecule has 0 saturated heterocycles. The van der Waals surface area contributed by atoms with E-state index in [0.717, 1.165) is 5.69 Å². The third kappa shape index (κ3) is 3.00. The number of nitrogens with zero attached hydrogens (tertiary/aromatic N) is 2. The minimum atomic E-state index is -0.130. The van der Waals surface area contributed by atoms with Crippen LogP contribution >= 0.6 is 11.8 Å². The van der Waals surface area contributed by atoms with Crippen molar-refractivity contribution in [2.45, 2.75) is 24.5 Å². The van der Waals surface area contributed by atoms with E-state index in [1.807, 2.05) is 30.3 Å². The Bertz CT molecular complexity index is 727. The van der Waals surface area contributed by atoms with Crippen LogP contribution in [0.4, 0.5) is 5.69 Å². The van der Waals surface area contributed by atoms with E-state index in [1.54, 1.807) is 11.5 Å². The number of thioether (sulfide) groups is 1. The van der Waals surface area contributed by atoms with Gasteiger partial charge in [-0.15, -0.1) is 0 Å². The van der Waals surface area contributed by atoms with E-state index >= 15 is 0 Å². The van der Waals surface area contributed by atoms with Crippen LogP contribution in [0, 0.1) is 6.92 Å². The Morgan fingerprint density at radius 3 is 2.95 bits per heavy atom. The molecule has 2 heterocycles. The highest BCUT2D eigenvalue weighted by Crippen LogP contribution is 2.32. The molecule has 1 N–H and O–H groups in total. The van der Waals surface area contributed by atoms with Crippen LogP contribution < -0.4 is 10.9 Å². The van der Waals surface area contributed by atoms with Crippen LogP contribution in [0.5, 0.6) is 0 Å². The molecule has 0 radical (unpaired) electrons. The number of aryl methyl sites for hydroxylation is 1. The predicted octanol–water partition coefficient (Wildman–Crippen LogP) is 2.23. The number of para-hydroxylation sites is 1. The Balaban J connectivity index is 1.74. The number of hydrogen-bond donors (Lipinski definition) is 1. The quantitative estimate of drug-likeness (QED) is 0.883. The lowest BCUT2D eigenvalue weighted by Gasteiger charge is -2.13. The molecule has 3 rings (SSSR count). The highest BCUT2D eigenvalue weighted by Gasteiger charge is 2.27. The van der Waals surface area contributed by atoms with Crippen LogP contribution in [0.15, 0.2) is 46.3 Å². The number of carbonyl (C=O) groups excluding carboxylic acids is 1. The van der Waals surface area contributed by atoms with Gasteiger partial charge >= 0.3 is 0 Å². The van der Waals surface area contributed by atoms with Crippen LogP contribution in [0.25, 0.3) is 0 Å². The van der Waals surface area contributed by atoms with Crippen LogP contribution in [0.2, 0.25) is 0 Å².